The minimum Gasteiger partial charge on any atom is -0.502 e. The monoisotopic (exact) mass is 400 g/mol. The van der Waals surface area contributed by atoms with E-state index < -0.39 is 42.6 Å². The number of aliphatic hydroxyl groups excluding tert-OH is 3. The van der Waals surface area contributed by atoms with Gasteiger partial charge in [0.15, 0.2) is 17.6 Å². The predicted molar refractivity (Wildman–Crippen MR) is 90.7 cm³/mol. The number of esters is 1. The molecule has 2 rings (SSSR count). The molecule has 0 bridgehead atoms. The van der Waals surface area contributed by atoms with Crippen molar-refractivity contribution >= 4 is 18.0 Å². The van der Waals surface area contributed by atoms with E-state index in [0.29, 0.717) is 5.56 Å². The second kappa shape index (κ2) is 8.89. The number of methoxy groups -OCH3 is 2. The molecule has 0 radical (unpaired) electrons. The van der Waals surface area contributed by atoms with E-state index in [9.17, 15) is 30.0 Å². The molecule has 1 fully saturated rings. The number of carbonyl (C=O) groups excluding carboxylic acids is 1. The molecule has 0 amide bonds. The third kappa shape index (κ3) is 4.51. The Labute approximate surface area is 158 Å². The van der Waals surface area contributed by atoms with E-state index >= 15 is 0 Å². The quantitative estimate of drug-likeness (QED) is 0.288. The number of carboxylic acid groups (broad SMARTS) is 1. The summed E-state index contributed by atoms with van der Waals surface area (Å²) in [6.45, 7) is 0. The first-order valence-electron chi connectivity index (χ1n) is 7.95. The lowest BCUT2D eigenvalue weighted by Crippen LogP contribution is -2.60. The second-order valence-corrected chi connectivity index (χ2v) is 5.78. The van der Waals surface area contributed by atoms with Crippen LogP contribution in [0.5, 0.6) is 17.2 Å². The Balaban J connectivity index is 2.12. The number of phenolic OH excluding ortho intramolecular Hbond substituents is 1. The van der Waals surface area contributed by atoms with Gasteiger partial charge < -0.3 is 44.5 Å². The van der Waals surface area contributed by atoms with Crippen LogP contribution in [0.3, 0.4) is 0 Å². The van der Waals surface area contributed by atoms with E-state index in [1.165, 1.54) is 32.4 Å². The van der Waals surface area contributed by atoms with Gasteiger partial charge in [-0.1, -0.05) is 0 Å². The summed E-state index contributed by atoms with van der Waals surface area (Å²) in [5.41, 5.74) is 0.396. The van der Waals surface area contributed by atoms with Gasteiger partial charge in [-0.15, -0.1) is 0 Å². The minimum absolute atomic E-state index is 0.0970. The van der Waals surface area contributed by atoms with E-state index in [1.807, 2.05) is 0 Å². The van der Waals surface area contributed by atoms with E-state index in [-0.39, 0.29) is 17.2 Å². The first-order valence-corrected chi connectivity index (χ1v) is 7.95. The molecule has 11 nitrogen and oxygen atoms in total. The highest BCUT2D eigenvalue weighted by molar-refractivity contribution is 5.87. The van der Waals surface area contributed by atoms with Crippen molar-refractivity contribution in [1.29, 1.82) is 0 Å². The van der Waals surface area contributed by atoms with E-state index in [1.54, 1.807) is 0 Å². The summed E-state index contributed by atoms with van der Waals surface area (Å²) in [5.74, 6) is -2.66. The Hall–Kier alpha value is -2.86. The van der Waals surface area contributed by atoms with Gasteiger partial charge in [0.25, 0.3) is 0 Å². The first-order chi connectivity index (χ1) is 13.2. The Morgan fingerprint density at radius 3 is 2.11 bits per heavy atom. The normalized spacial score (nSPS) is 27.4. The molecule has 1 aliphatic rings. The fourth-order valence-electron chi connectivity index (χ4n) is 2.48. The van der Waals surface area contributed by atoms with Gasteiger partial charge >= 0.3 is 11.9 Å². The van der Waals surface area contributed by atoms with E-state index in [4.69, 9.17) is 24.1 Å². The van der Waals surface area contributed by atoms with Crippen LogP contribution in [0.4, 0.5) is 0 Å². The summed E-state index contributed by atoms with van der Waals surface area (Å²) in [7, 11) is 2.66. The fourth-order valence-corrected chi connectivity index (χ4v) is 2.48. The Kier molecular flexibility index (Phi) is 6.80. The summed E-state index contributed by atoms with van der Waals surface area (Å²) in [6, 6.07) is 2.82. The van der Waals surface area contributed by atoms with Crippen molar-refractivity contribution in [3.05, 3.63) is 23.8 Å². The van der Waals surface area contributed by atoms with Crippen LogP contribution in [0.15, 0.2) is 18.2 Å². The highest BCUT2D eigenvalue weighted by Crippen LogP contribution is 2.37. The van der Waals surface area contributed by atoms with Gasteiger partial charge in [-0.3, -0.25) is 0 Å². The first kappa shape index (κ1) is 21.4. The van der Waals surface area contributed by atoms with Crippen LogP contribution in [0, 0.1) is 0 Å². The molecule has 1 saturated heterocycles. The number of carboxylic acids is 1. The number of aliphatic carboxylic acids is 1. The van der Waals surface area contributed by atoms with Crippen LogP contribution in [0.1, 0.15) is 5.56 Å². The van der Waals surface area contributed by atoms with Gasteiger partial charge in [0, 0.05) is 6.08 Å². The number of hydrogen-bond acceptors (Lipinski definition) is 10. The molecule has 5 atom stereocenters. The number of phenols is 1. The van der Waals surface area contributed by atoms with Crippen molar-refractivity contribution in [3.63, 3.8) is 0 Å². The Morgan fingerprint density at radius 2 is 1.61 bits per heavy atom. The van der Waals surface area contributed by atoms with Crippen molar-refractivity contribution in [2.24, 2.45) is 0 Å². The maximum atomic E-state index is 12.0. The van der Waals surface area contributed by atoms with Crippen molar-refractivity contribution in [2.45, 2.75) is 30.7 Å². The number of aliphatic hydroxyl groups is 3. The predicted octanol–water partition coefficient (Wildman–Crippen LogP) is -1.14. The van der Waals surface area contributed by atoms with Crippen molar-refractivity contribution in [2.75, 3.05) is 14.2 Å². The number of rotatable bonds is 6. The lowest BCUT2D eigenvalue weighted by Gasteiger charge is -2.37. The lowest BCUT2D eigenvalue weighted by molar-refractivity contribution is -0.284. The van der Waals surface area contributed by atoms with Gasteiger partial charge in [-0.2, -0.15) is 0 Å². The van der Waals surface area contributed by atoms with Gasteiger partial charge in [-0.05, 0) is 23.8 Å². The van der Waals surface area contributed by atoms with Gasteiger partial charge in [0.1, 0.15) is 18.3 Å². The Bertz CT molecular complexity index is 734. The van der Waals surface area contributed by atoms with Crippen molar-refractivity contribution < 1.29 is 54.1 Å². The molecule has 11 heteroatoms. The summed E-state index contributed by atoms with van der Waals surface area (Å²) in [5, 5.41) is 47.9. The molecule has 0 aromatic heterocycles. The average Bonchev–Trinajstić information content (AvgIpc) is 2.67. The molecule has 1 aromatic rings. The van der Waals surface area contributed by atoms with Gasteiger partial charge in [0.05, 0.1) is 14.2 Å². The van der Waals surface area contributed by atoms with Crippen LogP contribution in [0.2, 0.25) is 0 Å². The standard InChI is InChI=1S/C17H20O11/c1-25-8-5-7(6-9(26-2)11(8)19)3-4-10(18)27-17-14(22)12(20)13(21)15(28-17)16(23)24/h3-6,12-15,17,19-22H,1-2H3,(H,23,24)/b4-3+/t12-,13-,14+,15-,17+/m0/s1. The van der Waals surface area contributed by atoms with Gasteiger partial charge in [0.2, 0.25) is 12.0 Å². The maximum Gasteiger partial charge on any atom is 0.335 e. The van der Waals surface area contributed by atoms with Crippen LogP contribution in [-0.2, 0) is 19.1 Å². The number of ether oxygens (including phenoxy) is 4. The third-order valence-corrected chi connectivity index (χ3v) is 3.96. The molecular weight excluding hydrogens is 380 g/mol. The van der Waals surface area contributed by atoms with Crippen LogP contribution >= 0.6 is 0 Å². The molecule has 1 aromatic carbocycles. The third-order valence-electron chi connectivity index (χ3n) is 3.96. The average molecular weight is 400 g/mol. The molecule has 0 spiro atoms. The molecule has 1 heterocycles. The maximum absolute atomic E-state index is 12.0. The SMILES string of the molecule is COc1cc(/C=C/C(=O)O[C@@H]2O[C@H](C(=O)O)[C@@H](O)[C@H](O)[C@H]2O)cc(OC)c1O. The molecule has 0 aliphatic carbocycles. The smallest absolute Gasteiger partial charge is 0.335 e. The van der Waals surface area contributed by atoms with Crippen LogP contribution in [-0.4, -0.2) is 82.4 Å². The number of benzene rings is 1. The minimum atomic E-state index is -1.89. The topological polar surface area (TPSA) is 172 Å². The molecule has 5 N–H and O–H groups in total. The lowest BCUT2D eigenvalue weighted by atomic mass is 9.99. The van der Waals surface area contributed by atoms with Crippen LogP contribution < -0.4 is 9.47 Å². The number of carbonyl (C=O) groups is 2. The highest BCUT2D eigenvalue weighted by atomic mass is 16.7. The fraction of sp³-hybridized carbons (Fsp3) is 0.412. The zero-order chi connectivity index (χ0) is 21.0. The van der Waals surface area contributed by atoms with Crippen LogP contribution in [0.25, 0.3) is 6.08 Å². The molecular formula is C17H20O11. The largest absolute Gasteiger partial charge is 0.502 e. The zero-order valence-corrected chi connectivity index (χ0v) is 14.9. The van der Waals surface area contributed by atoms with Crippen molar-refractivity contribution in [1.82, 2.24) is 0 Å². The van der Waals surface area contributed by atoms with Gasteiger partial charge in [-0.25, -0.2) is 9.59 Å². The molecule has 0 saturated carbocycles. The zero-order valence-electron chi connectivity index (χ0n) is 14.9. The Morgan fingerprint density at radius 1 is 1.04 bits per heavy atom. The molecule has 0 unspecified atom stereocenters. The summed E-state index contributed by atoms with van der Waals surface area (Å²) < 4.78 is 19.6. The molecule has 28 heavy (non-hydrogen) atoms. The van der Waals surface area contributed by atoms with E-state index in [0.717, 1.165) is 6.08 Å². The highest BCUT2D eigenvalue weighted by Gasteiger charge is 2.48. The number of aromatic hydroxyl groups is 1. The molecule has 1 aliphatic heterocycles. The number of hydrogen-bond donors (Lipinski definition) is 5. The van der Waals surface area contributed by atoms with Crippen molar-refractivity contribution in [3.8, 4) is 17.2 Å². The summed E-state index contributed by atoms with van der Waals surface area (Å²) in [6.07, 6.45) is -7.10. The van der Waals surface area contributed by atoms with E-state index in [2.05, 4.69) is 0 Å². The second-order valence-electron chi connectivity index (χ2n) is 5.78. The summed E-state index contributed by atoms with van der Waals surface area (Å²) in [4.78, 5) is 23.0. The molecule has 154 valence electrons. The summed E-state index contributed by atoms with van der Waals surface area (Å²) >= 11 is 0.